The van der Waals surface area contributed by atoms with Crippen molar-refractivity contribution in [2.75, 3.05) is 6.61 Å². The van der Waals surface area contributed by atoms with Gasteiger partial charge in [0.15, 0.2) is 5.78 Å². The molecule has 1 fully saturated rings. The third-order valence-corrected chi connectivity index (χ3v) is 2.47. The van der Waals surface area contributed by atoms with Crippen molar-refractivity contribution in [2.45, 2.75) is 58.0 Å². The van der Waals surface area contributed by atoms with Gasteiger partial charge < -0.3 is 4.74 Å². The number of Topliss-reactive ketones (excluding diaryl/α,β-unsaturated/α-hetero) is 1. The minimum Gasteiger partial charge on any atom is -0.365 e. The summed E-state index contributed by atoms with van der Waals surface area (Å²) in [7, 11) is 0. The van der Waals surface area contributed by atoms with Gasteiger partial charge in [-0.05, 0) is 6.42 Å². The maximum atomic E-state index is 11.2. The van der Waals surface area contributed by atoms with Gasteiger partial charge in [-0.2, -0.15) is 0 Å². The second-order valence-corrected chi connectivity index (χ2v) is 3.81. The molecule has 0 bridgehead atoms. The van der Waals surface area contributed by atoms with Crippen molar-refractivity contribution in [1.29, 1.82) is 0 Å². The van der Waals surface area contributed by atoms with Gasteiger partial charge in [-0.3, -0.25) is 4.79 Å². The van der Waals surface area contributed by atoms with Gasteiger partial charge in [-0.25, -0.2) is 0 Å². The topological polar surface area (TPSA) is 29.6 Å². The van der Waals surface area contributed by atoms with Crippen LogP contribution in [0.5, 0.6) is 0 Å². The molecular formula is C11H20O2. The lowest BCUT2D eigenvalue weighted by atomic mass is 10.1. The van der Waals surface area contributed by atoms with Crippen LogP contribution in [0.4, 0.5) is 0 Å². The van der Waals surface area contributed by atoms with E-state index in [0.717, 1.165) is 12.8 Å². The molecule has 2 nitrogen and oxygen atoms in total. The summed E-state index contributed by atoms with van der Waals surface area (Å²) in [6.07, 6.45) is 8.21. The molecule has 2 heteroatoms. The van der Waals surface area contributed by atoms with E-state index >= 15 is 0 Å². The predicted octanol–water partition coefficient (Wildman–Crippen LogP) is 2.70. The quantitative estimate of drug-likeness (QED) is 0.429. The number of hydrogen-bond donors (Lipinski definition) is 0. The molecule has 1 aliphatic heterocycles. The molecule has 1 saturated heterocycles. The first kappa shape index (κ1) is 10.7. The lowest BCUT2D eigenvalue weighted by molar-refractivity contribution is -0.120. The van der Waals surface area contributed by atoms with Crippen LogP contribution in [0, 0.1) is 0 Å². The van der Waals surface area contributed by atoms with Crippen LogP contribution in [0.25, 0.3) is 0 Å². The molecule has 0 N–H and O–H groups in total. The molecule has 0 aromatic rings. The average molecular weight is 184 g/mol. The average Bonchev–Trinajstić information content (AvgIpc) is 2.93. The van der Waals surface area contributed by atoms with Crippen molar-refractivity contribution in [3.05, 3.63) is 0 Å². The van der Waals surface area contributed by atoms with Crippen LogP contribution < -0.4 is 0 Å². The predicted molar refractivity (Wildman–Crippen MR) is 52.7 cm³/mol. The van der Waals surface area contributed by atoms with Gasteiger partial charge >= 0.3 is 0 Å². The highest BCUT2D eigenvalue weighted by molar-refractivity contribution is 5.84. The summed E-state index contributed by atoms with van der Waals surface area (Å²) in [5.74, 6) is 0.315. The van der Waals surface area contributed by atoms with Crippen molar-refractivity contribution >= 4 is 5.78 Å². The Kier molecular flexibility index (Phi) is 5.06. The summed E-state index contributed by atoms with van der Waals surface area (Å²) in [5.41, 5.74) is 0. The van der Waals surface area contributed by atoms with Gasteiger partial charge in [0.05, 0.1) is 6.61 Å². The first-order chi connectivity index (χ1) is 6.34. The molecule has 0 aliphatic carbocycles. The molecular weight excluding hydrogens is 164 g/mol. The Morgan fingerprint density at radius 2 is 1.85 bits per heavy atom. The second-order valence-electron chi connectivity index (χ2n) is 3.81. The number of unbranched alkanes of at least 4 members (excludes halogenated alkanes) is 5. The number of carbonyl (C=O) groups is 1. The molecule has 0 spiro atoms. The van der Waals surface area contributed by atoms with E-state index in [2.05, 4.69) is 6.92 Å². The van der Waals surface area contributed by atoms with E-state index in [1.54, 1.807) is 0 Å². The molecule has 1 heterocycles. The molecule has 0 amide bonds. The number of rotatable bonds is 8. The summed E-state index contributed by atoms with van der Waals surface area (Å²) in [4.78, 5) is 11.2. The van der Waals surface area contributed by atoms with Crippen molar-refractivity contribution in [2.24, 2.45) is 0 Å². The number of hydrogen-bond acceptors (Lipinski definition) is 2. The monoisotopic (exact) mass is 184 g/mol. The van der Waals surface area contributed by atoms with Gasteiger partial charge in [-0.15, -0.1) is 0 Å². The zero-order chi connectivity index (χ0) is 9.52. The van der Waals surface area contributed by atoms with Gasteiger partial charge in [0.1, 0.15) is 6.10 Å². The summed E-state index contributed by atoms with van der Waals surface area (Å²) >= 11 is 0. The molecule has 0 aromatic heterocycles. The van der Waals surface area contributed by atoms with Crippen LogP contribution in [0.1, 0.15) is 51.9 Å². The van der Waals surface area contributed by atoms with E-state index in [0.29, 0.717) is 12.4 Å². The van der Waals surface area contributed by atoms with Crippen LogP contribution in [0.3, 0.4) is 0 Å². The zero-order valence-electron chi connectivity index (χ0n) is 8.55. The highest BCUT2D eigenvalue weighted by Gasteiger charge is 2.29. The van der Waals surface area contributed by atoms with Crippen LogP contribution in [-0.2, 0) is 9.53 Å². The Morgan fingerprint density at radius 1 is 1.23 bits per heavy atom. The van der Waals surface area contributed by atoms with Crippen molar-refractivity contribution in [1.82, 2.24) is 0 Å². The maximum absolute atomic E-state index is 11.2. The maximum Gasteiger partial charge on any atom is 0.163 e. The van der Waals surface area contributed by atoms with Crippen molar-refractivity contribution < 1.29 is 9.53 Å². The van der Waals surface area contributed by atoms with E-state index in [1.165, 1.54) is 32.1 Å². The molecule has 0 radical (unpaired) electrons. The first-order valence-corrected chi connectivity index (χ1v) is 5.49. The van der Waals surface area contributed by atoms with Crippen LogP contribution in [0.15, 0.2) is 0 Å². The smallest absolute Gasteiger partial charge is 0.163 e. The fraction of sp³-hybridized carbons (Fsp3) is 0.909. The molecule has 0 aromatic carbocycles. The SMILES string of the molecule is CCCCCCCCC(=O)C1CO1. The first-order valence-electron chi connectivity index (χ1n) is 5.49. The van der Waals surface area contributed by atoms with E-state index in [-0.39, 0.29) is 6.10 Å². The second kappa shape index (κ2) is 6.14. The van der Waals surface area contributed by atoms with Crippen molar-refractivity contribution in [3.63, 3.8) is 0 Å². The highest BCUT2D eigenvalue weighted by Crippen LogP contribution is 2.15. The largest absolute Gasteiger partial charge is 0.365 e. The Labute approximate surface area is 80.7 Å². The fourth-order valence-electron chi connectivity index (χ4n) is 1.47. The highest BCUT2D eigenvalue weighted by atomic mass is 16.6. The Morgan fingerprint density at radius 3 is 2.46 bits per heavy atom. The van der Waals surface area contributed by atoms with E-state index < -0.39 is 0 Å². The minimum atomic E-state index is -0.0179. The van der Waals surface area contributed by atoms with E-state index in [9.17, 15) is 4.79 Å². The molecule has 13 heavy (non-hydrogen) atoms. The molecule has 0 saturated carbocycles. The number of epoxide rings is 1. The van der Waals surface area contributed by atoms with Crippen LogP contribution in [-0.4, -0.2) is 18.5 Å². The summed E-state index contributed by atoms with van der Waals surface area (Å²) in [5, 5.41) is 0. The lowest BCUT2D eigenvalue weighted by Crippen LogP contribution is -2.05. The number of ether oxygens (including phenoxy) is 1. The zero-order valence-corrected chi connectivity index (χ0v) is 8.55. The summed E-state index contributed by atoms with van der Waals surface area (Å²) in [6.45, 7) is 2.89. The Balaban J connectivity index is 1.80. The minimum absolute atomic E-state index is 0.0179. The standard InChI is InChI=1S/C11H20O2/c1-2-3-4-5-6-7-8-10(12)11-9-13-11/h11H,2-9H2,1H3. The van der Waals surface area contributed by atoms with Gasteiger partial charge in [0, 0.05) is 6.42 Å². The summed E-state index contributed by atoms with van der Waals surface area (Å²) in [6, 6.07) is 0. The van der Waals surface area contributed by atoms with E-state index in [4.69, 9.17) is 4.74 Å². The number of carbonyl (C=O) groups excluding carboxylic acids is 1. The lowest BCUT2D eigenvalue weighted by Gasteiger charge is -1.98. The van der Waals surface area contributed by atoms with Crippen LogP contribution in [0.2, 0.25) is 0 Å². The molecule has 1 rings (SSSR count). The fourth-order valence-corrected chi connectivity index (χ4v) is 1.47. The summed E-state index contributed by atoms with van der Waals surface area (Å²) < 4.78 is 4.92. The molecule has 1 unspecified atom stereocenters. The molecule has 1 aliphatic rings. The Hall–Kier alpha value is -0.370. The Bertz CT molecular complexity index is 150. The number of ketones is 1. The van der Waals surface area contributed by atoms with Gasteiger partial charge in [-0.1, -0.05) is 39.0 Å². The van der Waals surface area contributed by atoms with Crippen LogP contribution >= 0.6 is 0 Å². The molecule has 76 valence electrons. The third-order valence-electron chi connectivity index (χ3n) is 2.47. The normalized spacial score (nSPS) is 20.2. The van der Waals surface area contributed by atoms with Gasteiger partial charge in [0.2, 0.25) is 0 Å². The van der Waals surface area contributed by atoms with Gasteiger partial charge in [0.25, 0.3) is 0 Å². The third kappa shape index (κ3) is 5.04. The molecule has 1 atom stereocenters. The van der Waals surface area contributed by atoms with Crippen molar-refractivity contribution in [3.8, 4) is 0 Å². The van der Waals surface area contributed by atoms with E-state index in [1.807, 2.05) is 0 Å².